The van der Waals surface area contributed by atoms with E-state index in [1.807, 2.05) is 6.08 Å². The molecule has 4 nitrogen and oxygen atoms in total. The van der Waals surface area contributed by atoms with Gasteiger partial charge in [-0.1, -0.05) is 33.8 Å². The number of ether oxygens (including phenoxy) is 1. The third-order valence-electron chi connectivity index (χ3n) is 11.6. The highest BCUT2D eigenvalue weighted by atomic mass is 16.5. The molecular formula is C28H44N2O2. The molecule has 6 aliphatic rings. The summed E-state index contributed by atoms with van der Waals surface area (Å²) in [6.07, 6.45) is 13.6. The Hall–Kier alpha value is -0.870. The first kappa shape index (κ1) is 21.6. The highest BCUT2D eigenvalue weighted by Gasteiger charge is 2.60. The van der Waals surface area contributed by atoms with Crippen LogP contribution in [-0.2, 0) is 9.53 Å². The van der Waals surface area contributed by atoms with Crippen molar-refractivity contribution in [3.05, 3.63) is 12.2 Å². The van der Waals surface area contributed by atoms with Crippen LogP contribution in [0.5, 0.6) is 0 Å². The van der Waals surface area contributed by atoms with E-state index in [2.05, 4.69) is 44.4 Å². The molecule has 1 spiro atoms. The fraction of sp³-hybridized carbons (Fsp3) is 0.893. The molecule has 5 fully saturated rings. The summed E-state index contributed by atoms with van der Waals surface area (Å²) in [5, 5.41) is 7.01. The first-order chi connectivity index (χ1) is 15.3. The number of amides is 1. The standard InChI is InChI=1S/C28H44N2O2/c1-16-11-24-26(30-14-16)18(3)28(32-24)10-7-20-21-6-5-19-15-29-25(31)8-9-27(19,4)23(21)12-22(20)17(2)13-28/h8-9,16-24,26,30H,5-7,10-15H2,1-4H3,(H,29,31)/t16-,17?,18+,19+,20-,21-,22?,23-,24+,26-,27-,28-/m0/s1. The smallest absolute Gasteiger partial charge is 0.243 e. The molecule has 6 rings (SSSR count). The number of hydrogen-bond donors (Lipinski definition) is 2. The van der Waals surface area contributed by atoms with Crippen molar-refractivity contribution in [1.82, 2.24) is 10.6 Å². The molecule has 2 saturated heterocycles. The van der Waals surface area contributed by atoms with Gasteiger partial charge in [-0.05, 0) is 104 Å². The van der Waals surface area contributed by atoms with Gasteiger partial charge in [-0.2, -0.15) is 0 Å². The van der Waals surface area contributed by atoms with Gasteiger partial charge in [0.05, 0.1) is 11.7 Å². The first-order valence-corrected chi connectivity index (χ1v) is 13.7. The van der Waals surface area contributed by atoms with Crippen LogP contribution in [0.2, 0.25) is 0 Å². The Balaban J connectivity index is 1.25. The zero-order chi connectivity index (χ0) is 22.3. The van der Waals surface area contributed by atoms with Gasteiger partial charge >= 0.3 is 0 Å². The number of hydrogen-bond acceptors (Lipinski definition) is 3. The van der Waals surface area contributed by atoms with Crippen LogP contribution in [0.25, 0.3) is 0 Å². The Morgan fingerprint density at radius 2 is 1.88 bits per heavy atom. The topological polar surface area (TPSA) is 50.4 Å². The van der Waals surface area contributed by atoms with Crippen LogP contribution in [0.15, 0.2) is 12.2 Å². The Morgan fingerprint density at radius 1 is 1.03 bits per heavy atom. The quantitative estimate of drug-likeness (QED) is 0.581. The number of nitrogens with one attached hydrogen (secondary N) is 2. The van der Waals surface area contributed by atoms with Gasteiger partial charge < -0.3 is 15.4 Å². The molecular weight excluding hydrogens is 396 g/mol. The molecule has 178 valence electrons. The second-order valence-electron chi connectivity index (χ2n) is 13.1. The highest BCUT2D eigenvalue weighted by molar-refractivity contribution is 5.87. The van der Waals surface area contributed by atoms with Crippen molar-refractivity contribution in [1.29, 1.82) is 0 Å². The van der Waals surface area contributed by atoms with Gasteiger partial charge in [0.1, 0.15) is 0 Å². The molecule has 3 saturated carbocycles. The second kappa shape index (κ2) is 7.57. The number of fused-ring (bicyclic) bond motifs is 6. The van der Waals surface area contributed by atoms with Crippen LogP contribution < -0.4 is 10.6 Å². The minimum absolute atomic E-state index is 0.0886. The molecule has 12 atom stereocenters. The van der Waals surface area contributed by atoms with E-state index in [1.54, 1.807) is 0 Å². The molecule has 2 unspecified atom stereocenters. The lowest BCUT2D eigenvalue weighted by atomic mass is 9.57. The van der Waals surface area contributed by atoms with Gasteiger partial charge in [0.25, 0.3) is 0 Å². The van der Waals surface area contributed by atoms with Crippen molar-refractivity contribution in [2.45, 2.75) is 90.4 Å². The summed E-state index contributed by atoms with van der Waals surface area (Å²) in [7, 11) is 0. The van der Waals surface area contributed by atoms with Crippen molar-refractivity contribution < 1.29 is 9.53 Å². The maximum atomic E-state index is 12.1. The summed E-state index contributed by atoms with van der Waals surface area (Å²) < 4.78 is 7.04. The molecule has 2 N–H and O–H groups in total. The minimum Gasteiger partial charge on any atom is -0.370 e. The van der Waals surface area contributed by atoms with Gasteiger partial charge in [0.2, 0.25) is 5.91 Å². The summed E-state index contributed by atoms with van der Waals surface area (Å²) in [4.78, 5) is 12.1. The summed E-state index contributed by atoms with van der Waals surface area (Å²) in [5.74, 6) is 6.02. The number of allylic oxidation sites excluding steroid dienone is 1. The Labute approximate surface area is 194 Å². The average molecular weight is 441 g/mol. The van der Waals surface area contributed by atoms with E-state index in [9.17, 15) is 4.79 Å². The summed E-state index contributed by atoms with van der Waals surface area (Å²) in [6.45, 7) is 11.9. The first-order valence-electron chi connectivity index (χ1n) is 13.7. The average Bonchev–Trinajstić information content (AvgIpc) is 3.15. The van der Waals surface area contributed by atoms with Crippen LogP contribution in [-0.4, -0.2) is 36.7 Å². The van der Waals surface area contributed by atoms with Gasteiger partial charge in [0.15, 0.2) is 0 Å². The van der Waals surface area contributed by atoms with Gasteiger partial charge in [0, 0.05) is 18.5 Å². The SMILES string of the molecule is CC1C[C@]2(CC[C@@H]3C1C[C@H]1[C@H]3CC[C@@H]3CNC(=O)C=C[C@@]31C)O[C@@H]1C[C@H](C)CN[C@H]1[C@H]2C. The summed E-state index contributed by atoms with van der Waals surface area (Å²) in [5.41, 5.74) is 0.267. The fourth-order valence-corrected chi connectivity index (χ4v) is 9.78. The van der Waals surface area contributed by atoms with Crippen molar-refractivity contribution in [2.75, 3.05) is 13.1 Å². The van der Waals surface area contributed by atoms with Crippen LogP contribution in [0.4, 0.5) is 0 Å². The third-order valence-corrected chi connectivity index (χ3v) is 11.6. The second-order valence-corrected chi connectivity index (χ2v) is 13.1. The van der Waals surface area contributed by atoms with Crippen molar-refractivity contribution in [3.63, 3.8) is 0 Å². The fourth-order valence-electron chi connectivity index (χ4n) is 9.78. The predicted molar refractivity (Wildman–Crippen MR) is 127 cm³/mol. The molecule has 3 heterocycles. The van der Waals surface area contributed by atoms with E-state index >= 15 is 0 Å². The molecule has 0 aromatic rings. The molecule has 0 aromatic carbocycles. The molecule has 1 amide bonds. The van der Waals surface area contributed by atoms with E-state index in [0.717, 1.165) is 48.6 Å². The molecule has 32 heavy (non-hydrogen) atoms. The van der Waals surface area contributed by atoms with Crippen LogP contribution >= 0.6 is 0 Å². The van der Waals surface area contributed by atoms with Crippen LogP contribution in [0.1, 0.15) is 72.6 Å². The lowest BCUT2D eigenvalue weighted by molar-refractivity contribution is -0.116. The lowest BCUT2D eigenvalue weighted by Crippen LogP contribution is -2.48. The van der Waals surface area contributed by atoms with E-state index < -0.39 is 0 Å². The van der Waals surface area contributed by atoms with E-state index in [-0.39, 0.29) is 16.9 Å². The predicted octanol–water partition coefficient (Wildman–Crippen LogP) is 4.55. The highest BCUT2D eigenvalue weighted by Crippen LogP contribution is 2.64. The molecule has 3 aliphatic heterocycles. The number of piperidine rings is 1. The summed E-state index contributed by atoms with van der Waals surface area (Å²) in [6, 6.07) is 0.555. The molecule has 0 aromatic heterocycles. The van der Waals surface area contributed by atoms with Gasteiger partial charge in [-0.15, -0.1) is 0 Å². The van der Waals surface area contributed by atoms with Crippen molar-refractivity contribution in [2.24, 2.45) is 52.8 Å². The zero-order valence-corrected chi connectivity index (χ0v) is 20.6. The third kappa shape index (κ3) is 3.11. The molecule has 0 bridgehead atoms. The Bertz CT molecular complexity index is 796. The molecule has 0 radical (unpaired) electrons. The van der Waals surface area contributed by atoms with Crippen molar-refractivity contribution in [3.8, 4) is 0 Å². The maximum Gasteiger partial charge on any atom is 0.243 e. The summed E-state index contributed by atoms with van der Waals surface area (Å²) >= 11 is 0. The minimum atomic E-state index is 0.0886. The number of carbonyl (C=O) groups is 1. The van der Waals surface area contributed by atoms with Crippen molar-refractivity contribution >= 4 is 5.91 Å². The van der Waals surface area contributed by atoms with Gasteiger partial charge in [-0.25, -0.2) is 0 Å². The van der Waals surface area contributed by atoms with E-state index in [4.69, 9.17) is 4.74 Å². The lowest BCUT2D eigenvalue weighted by Gasteiger charge is -2.48. The van der Waals surface area contributed by atoms with E-state index in [1.165, 1.54) is 44.9 Å². The van der Waals surface area contributed by atoms with Crippen LogP contribution in [0, 0.1) is 52.8 Å². The number of carbonyl (C=O) groups excluding carboxylic acids is 1. The largest absolute Gasteiger partial charge is 0.370 e. The maximum absolute atomic E-state index is 12.1. The zero-order valence-electron chi connectivity index (χ0n) is 20.6. The normalized spacial score (nSPS) is 57.1. The molecule has 3 aliphatic carbocycles. The number of rotatable bonds is 0. The Morgan fingerprint density at radius 3 is 2.72 bits per heavy atom. The molecule has 4 heteroatoms. The van der Waals surface area contributed by atoms with E-state index in [0.29, 0.717) is 24.0 Å². The van der Waals surface area contributed by atoms with Gasteiger partial charge in [-0.3, -0.25) is 4.79 Å². The van der Waals surface area contributed by atoms with Crippen LogP contribution in [0.3, 0.4) is 0 Å². The monoisotopic (exact) mass is 440 g/mol. The Kier molecular flexibility index (Phi) is 5.12.